The summed E-state index contributed by atoms with van der Waals surface area (Å²) in [7, 11) is 0. The van der Waals surface area contributed by atoms with E-state index in [4.69, 9.17) is 9.47 Å². The number of carbonyl (C=O) groups is 2. The van der Waals surface area contributed by atoms with E-state index in [1.165, 1.54) is 17.4 Å². The number of ether oxygens (including phenoxy) is 2. The monoisotopic (exact) mass is 374 g/mol. The number of ketones is 1. The number of benzene rings is 2. The maximum absolute atomic E-state index is 12.4. The van der Waals surface area contributed by atoms with Crippen LogP contribution in [-0.4, -0.2) is 11.8 Å². The molecule has 3 aromatic rings. The molecular formula is C22H14O4S. The molecular weight excluding hydrogens is 360 g/mol. The molecule has 0 radical (unpaired) electrons. The lowest BCUT2D eigenvalue weighted by Gasteiger charge is -2.03. The second-order valence-electron chi connectivity index (χ2n) is 5.78. The smallest absolute Gasteiger partial charge is 0.336 e. The van der Waals surface area contributed by atoms with Gasteiger partial charge >= 0.3 is 5.97 Å². The van der Waals surface area contributed by atoms with E-state index in [1.807, 2.05) is 47.8 Å². The van der Waals surface area contributed by atoms with Gasteiger partial charge in [-0.3, -0.25) is 4.79 Å². The molecule has 1 aliphatic heterocycles. The Kier molecular flexibility index (Phi) is 4.68. The highest BCUT2D eigenvalue weighted by Crippen LogP contribution is 2.35. The predicted molar refractivity (Wildman–Crippen MR) is 105 cm³/mol. The summed E-state index contributed by atoms with van der Waals surface area (Å²) in [5.74, 6) is 0.291. The summed E-state index contributed by atoms with van der Waals surface area (Å²) in [6.07, 6.45) is 4.75. The number of hydrogen-bond donors (Lipinski definition) is 0. The number of hydrogen-bond acceptors (Lipinski definition) is 5. The van der Waals surface area contributed by atoms with Gasteiger partial charge in [0.2, 0.25) is 5.78 Å². The third-order valence-electron chi connectivity index (χ3n) is 3.89. The van der Waals surface area contributed by atoms with E-state index in [1.54, 1.807) is 30.4 Å². The van der Waals surface area contributed by atoms with Gasteiger partial charge < -0.3 is 9.47 Å². The fourth-order valence-electron chi connectivity index (χ4n) is 2.61. The van der Waals surface area contributed by atoms with Gasteiger partial charge in [-0.05, 0) is 35.2 Å². The lowest BCUT2D eigenvalue weighted by molar-refractivity contribution is -0.128. The first kappa shape index (κ1) is 17.0. The SMILES string of the molecule is O=C(/C=C/c1ccccc1)Oc1ccc2c(c1)O/C(=C\c1cccs1)C2=O. The van der Waals surface area contributed by atoms with Gasteiger partial charge in [-0.1, -0.05) is 36.4 Å². The van der Waals surface area contributed by atoms with Crippen LogP contribution >= 0.6 is 11.3 Å². The van der Waals surface area contributed by atoms with E-state index in [-0.39, 0.29) is 11.5 Å². The first-order chi connectivity index (χ1) is 13.2. The summed E-state index contributed by atoms with van der Waals surface area (Å²) in [5.41, 5.74) is 1.36. The van der Waals surface area contributed by atoms with Crippen molar-refractivity contribution in [1.29, 1.82) is 0 Å². The molecule has 4 rings (SSSR count). The predicted octanol–water partition coefficient (Wildman–Crippen LogP) is 4.98. The van der Waals surface area contributed by atoms with E-state index >= 15 is 0 Å². The average Bonchev–Trinajstić information content (AvgIpc) is 3.30. The van der Waals surface area contributed by atoms with Crippen LogP contribution in [0, 0.1) is 0 Å². The van der Waals surface area contributed by atoms with Crippen LogP contribution < -0.4 is 9.47 Å². The van der Waals surface area contributed by atoms with Gasteiger partial charge in [-0.15, -0.1) is 11.3 Å². The normalized spacial score (nSPS) is 14.4. The van der Waals surface area contributed by atoms with Gasteiger partial charge in [0.25, 0.3) is 0 Å². The van der Waals surface area contributed by atoms with Gasteiger partial charge in [0, 0.05) is 23.1 Å². The second-order valence-corrected chi connectivity index (χ2v) is 6.76. The molecule has 0 atom stereocenters. The van der Waals surface area contributed by atoms with Gasteiger partial charge in [0.05, 0.1) is 5.56 Å². The number of esters is 1. The minimum atomic E-state index is -0.502. The fourth-order valence-corrected chi connectivity index (χ4v) is 3.26. The van der Waals surface area contributed by atoms with E-state index in [0.717, 1.165) is 10.4 Å². The molecule has 2 aromatic carbocycles. The van der Waals surface area contributed by atoms with Crippen molar-refractivity contribution >= 4 is 35.2 Å². The quantitative estimate of drug-likeness (QED) is 0.367. The summed E-state index contributed by atoms with van der Waals surface area (Å²) in [5, 5.41) is 1.93. The largest absolute Gasteiger partial charge is 0.452 e. The van der Waals surface area contributed by atoms with Crippen LogP contribution in [0.5, 0.6) is 11.5 Å². The van der Waals surface area contributed by atoms with Crippen molar-refractivity contribution in [2.24, 2.45) is 0 Å². The average molecular weight is 374 g/mol. The number of allylic oxidation sites excluding steroid dienone is 1. The second kappa shape index (κ2) is 7.43. The maximum Gasteiger partial charge on any atom is 0.336 e. The van der Waals surface area contributed by atoms with Crippen molar-refractivity contribution in [3.63, 3.8) is 0 Å². The molecule has 132 valence electrons. The zero-order valence-electron chi connectivity index (χ0n) is 14.1. The molecule has 27 heavy (non-hydrogen) atoms. The molecule has 0 saturated heterocycles. The molecule has 0 unspecified atom stereocenters. The lowest BCUT2D eigenvalue weighted by atomic mass is 10.1. The summed E-state index contributed by atoms with van der Waals surface area (Å²) in [6, 6.07) is 18.0. The van der Waals surface area contributed by atoms with E-state index in [2.05, 4.69) is 0 Å². The topological polar surface area (TPSA) is 52.6 Å². The van der Waals surface area contributed by atoms with Gasteiger partial charge in [0.1, 0.15) is 11.5 Å². The maximum atomic E-state index is 12.4. The number of fused-ring (bicyclic) bond motifs is 1. The highest BCUT2D eigenvalue weighted by Gasteiger charge is 2.28. The zero-order valence-corrected chi connectivity index (χ0v) is 14.9. The summed E-state index contributed by atoms with van der Waals surface area (Å²) < 4.78 is 11.0. The number of rotatable bonds is 4. The minimum Gasteiger partial charge on any atom is -0.452 e. The van der Waals surface area contributed by atoms with E-state index < -0.39 is 5.97 Å². The highest BCUT2D eigenvalue weighted by atomic mass is 32.1. The Bertz CT molecular complexity index is 1050. The van der Waals surface area contributed by atoms with Crippen molar-refractivity contribution in [1.82, 2.24) is 0 Å². The number of Topliss-reactive ketones (excluding diaryl/α,β-unsaturated/α-hetero) is 1. The summed E-state index contributed by atoms with van der Waals surface area (Å²) in [6.45, 7) is 0. The van der Waals surface area contributed by atoms with Crippen LogP contribution in [0.3, 0.4) is 0 Å². The van der Waals surface area contributed by atoms with Crippen molar-refractivity contribution in [3.8, 4) is 11.5 Å². The molecule has 0 N–H and O–H groups in total. The van der Waals surface area contributed by atoms with Crippen molar-refractivity contribution < 1.29 is 19.1 Å². The third-order valence-corrected chi connectivity index (χ3v) is 4.71. The Balaban J connectivity index is 1.48. The number of carbonyl (C=O) groups excluding carboxylic acids is 2. The van der Waals surface area contributed by atoms with E-state index in [0.29, 0.717) is 17.1 Å². The van der Waals surface area contributed by atoms with Gasteiger partial charge in [-0.2, -0.15) is 0 Å². The molecule has 0 bridgehead atoms. The molecule has 0 aliphatic carbocycles. The lowest BCUT2D eigenvalue weighted by Crippen LogP contribution is -2.03. The van der Waals surface area contributed by atoms with Gasteiger partial charge in [-0.25, -0.2) is 4.79 Å². The Hall–Kier alpha value is -3.44. The Labute approximate surface area is 160 Å². The summed E-state index contributed by atoms with van der Waals surface area (Å²) in [4.78, 5) is 25.3. The van der Waals surface area contributed by atoms with Crippen LogP contribution in [0.1, 0.15) is 20.8 Å². The first-order valence-corrected chi connectivity index (χ1v) is 9.14. The molecule has 5 heteroatoms. The molecule has 0 spiro atoms. The fraction of sp³-hybridized carbons (Fsp3) is 0. The Morgan fingerprint density at radius 2 is 1.89 bits per heavy atom. The summed E-state index contributed by atoms with van der Waals surface area (Å²) >= 11 is 1.52. The molecule has 0 saturated carbocycles. The molecule has 0 amide bonds. The minimum absolute atomic E-state index is 0.180. The third kappa shape index (κ3) is 3.88. The van der Waals surface area contributed by atoms with Crippen molar-refractivity contribution in [3.05, 3.63) is 93.9 Å². The van der Waals surface area contributed by atoms with Crippen LogP contribution in [0.25, 0.3) is 12.2 Å². The first-order valence-electron chi connectivity index (χ1n) is 8.26. The Morgan fingerprint density at radius 3 is 2.67 bits per heavy atom. The molecule has 1 aromatic heterocycles. The Morgan fingerprint density at radius 1 is 1.04 bits per heavy atom. The van der Waals surface area contributed by atoms with Crippen molar-refractivity contribution in [2.75, 3.05) is 0 Å². The van der Waals surface area contributed by atoms with Gasteiger partial charge in [0.15, 0.2) is 5.76 Å². The number of thiophene rings is 1. The molecule has 4 nitrogen and oxygen atoms in total. The standard InChI is InChI=1S/C22H14O4S/c23-21(11-8-15-5-2-1-3-6-15)25-16-9-10-18-19(13-16)26-20(22(18)24)14-17-7-4-12-27-17/h1-14H/b11-8+,20-14-. The van der Waals surface area contributed by atoms with Crippen LogP contribution in [0.15, 0.2) is 77.9 Å². The van der Waals surface area contributed by atoms with Crippen LogP contribution in [0.2, 0.25) is 0 Å². The highest BCUT2D eigenvalue weighted by molar-refractivity contribution is 7.10. The van der Waals surface area contributed by atoms with Crippen molar-refractivity contribution in [2.45, 2.75) is 0 Å². The molecule has 2 heterocycles. The molecule has 1 aliphatic rings. The molecule has 0 fully saturated rings. The zero-order chi connectivity index (χ0) is 18.6. The van der Waals surface area contributed by atoms with Crippen LogP contribution in [-0.2, 0) is 4.79 Å². The van der Waals surface area contributed by atoms with Crippen LogP contribution in [0.4, 0.5) is 0 Å². The van der Waals surface area contributed by atoms with E-state index in [9.17, 15) is 9.59 Å².